The van der Waals surface area contributed by atoms with Gasteiger partial charge >= 0.3 is 213 Å². The predicted octanol–water partition coefficient (Wildman–Crippen LogP) is 1.92. The number of likely N-dealkylation sites (N-methyl/N-ethyl adjacent to an activating group) is 2. The van der Waals surface area contributed by atoms with Gasteiger partial charge in [0, 0.05) is 0 Å². The van der Waals surface area contributed by atoms with E-state index in [0.29, 0.717) is 4.67 Å². The van der Waals surface area contributed by atoms with Crippen LogP contribution in [0.25, 0.3) is 6.08 Å². The van der Waals surface area contributed by atoms with Crippen molar-refractivity contribution in [2.45, 2.75) is 13.1 Å². The molecule has 3 aromatic rings. The molecule has 0 spiro atoms. The first-order valence-corrected chi connectivity index (χ1v) is 16.8. The van der Waals surface area contributed by atoms with Crippen molar-refractivity contribution in [3.8, 4) is 0 Å². The minimum atomic E-state index is -1.81. The molecule has 2 aromatic carbocycles. The Morgan fingerprint density at radius 2 is 1.33 bits per heavy atom. The molecule has 8 heteroatoms. The Bertz CT molecular complexity index is 1290. The van der Waals surface area contributed by atoms with E-state index in [1.165, 1.54) is 35.3 Å². The molecule has 1 fully saturated rings. The summed E-state index contributed by atoms with van der Waals surface area (Å²) in [6.07, 6.45) is 1.80. The molecule has 0 N–H and O–H groups in total. The maximum absolute atomic E-state index is 12.8. The second-order valence-electron chi connectivity index (χ2n) is 8.74. The Labute approximate surface area is 212 Å². The second-order valence-corrected chi connectivity index (χ2v) is 17.0. The van der Waals surface area contributed by atoms with Gasteiger partial charge < -0.3 is 0 Å². The predicted molar refractivity (Wildman–Crippen MR) is 139 cm³/mol. The van der Waals surface area contributed by atoms with Crippen LogP contribution in [0.3, 0.4) is 0 Å². The van der Waals surface area contributed by atoms with Crippen molar-refractivity contribution in [3.63, 3.8) is 0 Å². The molecule has 0 saturated carbocycles. The van der Waals surface area contributed by atoms with Gasteiger partial charge in [-0.2, -0.15) is 0 Å². The van der Waals surface area contributed by atoms with E-state index in [2.05, 4.69) is 94.2 Å². The molecule has 5 rings (SSSR count). The van der Waals surface area contributed by atoms with Crippen molar-refractivity contribution < 1.29 is 9.59 Å². The normalized spacial score (nSPS) is 17.3. The zero-order valence-corrected chi connectivity index (χ0v) is 23.9. The van der Waals surface area contributed by atoms with Crippen molar-refractivity contribution >= 4 is 92.1 Å². The molecule has 0 bridgehead atoms. The summed E-state index contributed by atoms with van der Waals surface area (Å²) in [5.74, 6) is -0.537. The van der Waals surface area contributed by atoms with E-state index in [1.807, 2.05) is 0 Å². The first-order valence-electron chi connectivity index (χ1n) is 10.6. The Hall–Kier alpha value is -2.20. The van der Waals surface area contributed by atoms with Crippen LogP contribution < -0.4 is 15.3 Å². The number of rotatable bonds is 2. The molecule has 0 atom stereocenters. The van der Waals surface area contributed by atoms with Gasteiger partial charge in [0.1, 0.15) is 0 Å². The number of benzene rings is 2. The number of para-hydroxylation sites is 2. The number of nitrogens with zero attached hydrogens (tertiary/aromatic N) is 3. The summed E-state index contributed by atoms with van der Waals surface area (Å²) in [6.45, 7) is 4.83. The van der Waals surface area contributed by atoms with Gasteiger partial charge in [0.05, 0.1) is 0 Å². The van der Waals surface area contributed by atoms with E-state index in [1.54, 1.807) is 20.2 Å². The molecule has 1 saturated heterocycles. The summed E-state index contributed by atoms with van der Waals surface area (Å²) in [7, 11) is 1.56. The summed E-state index contributed by atoms with van der Waals surface area (Å²) in [6, 6.07) is 21.7. The summed E-state index contributed by atoms with van der Waals surface area (Å²) < 4.78 is 2.87. The molecular weight excluding hydrogens is 609 g/mol. The third-order valence-electron chi connectivity index (χ3n) is 6.40. The summed E-state index contributed by atoms with van der Waals surface area (Å²) in [5.41, 5.74) is 2.74. The molecule has 2 aliphatic heterocycles. The molecule has 0 radical (unpaired) electrons. The van der Waals surface area contributed by atoms with Crippen LogP contribution in [0.4, 0.5) is 15.1 Å². The number of fused-ring (bicyclic) bond motifs is 2. The topological polar surface area (TPSA) is 43.9 Å². The van der Waals surface area contributed by atoms with Crippen LogP contribution in [0.1, 0.15) is 3.58 Å². The van der Waals surface area contributed by atoms with Crippen LogP contribution in [0.5, 0.6) is 0 Å². The fourth-order valence-corrected chi connectivity index (χ4v) is 10.7. The third-order valence-corrected chi connectivity index (χ3v) is 14.0. The van der Waals surface area contributed by atoms with Crippen molar-refractivity contribution in [2.24, 2.45) is 0 Å². The SMILES string of the molecule is CN1C(=O)C(=Cc2ccc(N3c4ccccc4[Si](C)(C)c4ccccc43)[te]2)C(=O)N(C)C1=[Se]. The van der Waals surface area contributed by atoms with Crippen LogP contribution in [0.2, 0.25) is 13.1 Å². The zero-order valence-electron chi connectivity index (χ0n) is 18.8. The Kier molecular flexibility index (Phi) is 5.63. The van der Waals surface area contributed by atoms with E-state index in [4.69, 9.17) is 0 Å². The van der Waals surface area contributed by atoms with E-state index in [9.17, 15) is 9.59 Å². The fraction of sp³-hybridized carbons (Fsp3) is 0.160. The summed E-state index contributed by atoms with van der Waals surface area (Å²) >= 11 is 2.01. The molecule has 3 heterocycles. The first-order chi connectivity index (χ1) is 15.7. The molecule has 33 heavy (non-hydrogen) atoms. The molecule has 2 amide bonds. The third kappa shape index (κ3) is 3.53. The second kappa shape index (κ2) is 8.23. The maximum atomic E-state index is 12.8. The van der Waals surface area contributed by atoms with Crippen LogP contribution >= 0.6 is 0 Å². The molecular formula is C25H23N3O2SeSiTe. The Morgan fingerprint density at radius 1 is 0.818 bits per heavy atom. The van der Waals surface area contributed by atoms with Crippen molar-refractivity contribution in [2.75, 3.05) is 19.0 Å². The van der Waals surface area contributed by atoms with Crippen molar-refractivity contribution in [3.05, 3.63) is 69.8 Å². The van der Waals surface area contributed by atoms with Gasteiger partial charge in [0.2, 0.25) is 0 Å². The van der Waals surface area contributed by atoms with Gasteiger partial charge in [0.25, 0.3) is 0 Å². The molecule has 2 aliphatic rings. The quantitative estimate of drug-likeness (QED) is 0.247. The summed E-state index contributed by atoms with van der Waals surface area (Å²) in [4.78, 5) is 31.0. The number of carbonyl (C=O) groups is 2. The van der Waals surface area contributed by atoms with Crippen LogP contribution in [0, 0.1) is 0 Å². The van der Waals surface area contributed by atoms with Gasteiger partial charge in [0.15, 0.2) is 0 Å². The van der Waals surface area contributed by atoms with E-state index in [-0.39, 0.29) is 17.4 Å². The molecule has 5 nitrogen and oxygen atoms in total. The molecule has 0 unspecified atom stereocenters. The van der Waals surface area contributed by atoms with Crippen molar-refractivity contribution in [1.82, 2.24) is 9.80 Å². The van der Waals surface area contributed by atoms with E-state index >= 15 is 0 Å². The number of carbonyl (C=O) groups excluding carboxylic acids is 2. The Morgan fingerprint density at radius 3 is 1.88 bits per heavy atom. The fourth-order valence-electron chi connectivity index (χ4n) is 4.56. The number of hydrogen-bond acceptors (Lipinski definition) is 3. The number of anilines is 3. The van der Waals surface area contributed by atoms with Gasteiger partial charge in [-0.3, -0.25) is 0 Å². The summed E-state index contributed by atoms with van der Waals surface area (Å²) in [5, 5.41) is 2.87. The standard InChI is InChI=1S/C25H23N3O2SeSiTe/c1-26-23(29)17(24(30)27(2)25(26)31)15-16-13-14-22(33-16)28-18-9-5-7-11-20(18)32(3,4)21-12-8-6-10-19(21)28/h5-15H,1-4H3. The van der Waals surface area contributed by atoms with Gasteiger partial charge in [-0.25, -0.2) is 0 Å². The zero-order chi connectivity index (χ0) is 23.5. The average Bonchev–Trinajstić information content (AvgIpc) is 3.28. The number of hydrogen-bond donors (Lipinski definition) is 0. The first kappa shape index (κ1) is 22.6. The Balaban J connectivity index is 1.61. The van der Waals surface area contributed by atoms with Crippen LogP contribution in [-0.2, 0) is 9.59 Å². The molecule has 0 aliphatic carbocycles. The van der Waals surface area contributed by atoms with Gasteiger partial charge in [-0.1, -0.05) is 0 Å². The molecule has 166 valence electrons. The monoisotopic (exact) mass is 635 g/mol. The van der Waals surface area contributed by atoms with Crippen LogP contribution in [-0.4, -0.2) is 84.5 Å². The molecule has 1 aromatic heterocycles. The van der Waals surface area contributed by atoms with E-state index < -0.39 is 28.5 Å². The minimum absolute atomic E-state index is 0.220. The number of amides is 2. The average molecular weight is 632 g/mol. The van der Waals surface area contributed by atoms with E-state index in [0.717, 1.165) is 3.58 Å². The van der Waals surface area contributed by atoms with Crippen LogP contribution in [0.15, 0.2) is 66.2 Å². The van der Waals surface area contributed by atoms with Crippen molar-refractivity contribution in [1.29, 1.82) is 0 Å². The van der Waals surface area contributed by atoms with Gasteiger partial charge in [-0.15, -0.1) is 0 Å². The van der Waals surface area contributed by atoms with Gasteiger partial charge in [-0.05, 0) is 0 Å².